The van der Waals surface area contributed by atoms with Crippen molar-refractivity contribution in [3.8, 4) is 0 Å². The summed E-state index contributed by atoms with van der Waals surface area (Å²) in [7, 11) is -3.72. The molecule has 0 aromatic carbocycles. The van der Waals surface area contributed by atoms with E-state index in [4.69, 9.17) is 10.5 Å². The molecule has 188 valence electrons. The van der Waals surface area contributed by atoms with Crippen LogP contribution < -0.4 is 21.2 Å². The lowest BCUT2D eigenvalue weighted by molar-refractivity contribution is -0.139. The lowest BCUT2D eigenvalue weighted by Gasteiger charge is -2.26. The van der Waals surface area contributed by atoms with Gasteiger partial charge in [-0.3, -0.25) is 14.2 Å². The Bertz CT molecular complexity index is 1050. The number of aliphatic carboxylic acids is 2. The molecular formula is C19H31N8O6P. The zero-order valence-electron chi connectivity index (χ0n) is 19.1. The van der Waals surface area contributed by atoms with Crippen molar-refractivity contribution in [2.45, 2.75) is 64.2 Å². The fourth-order valence-electron chi connectivity index (χ4n) is 3.26. The third-order valence-corrected chi connectivity index (χ3v) is 7.29. The molecule has 3 atom stereocenters. The van der Waals surface area contributed by atoms with E-state index in [0.717, 1.165) is 12.8 Å². The van der Waals surface area contributed by atoms with Crippen LogP contribution in [-0.4, -0.2) is 72.8 Å². The highest BCUT2D eigenvalue weighted by Crippen LogP contribution is 2.38. The summed E-state index contributed by atoms with van der Waals surface area (Å²) in [5.41, 5.74) is 6.94. The molecule has 2 aromatic rings. The first-order valence-corrected chi connectivity index (χ1v) is 13.0. The van der Waals surface area contributed by atoms with Crippen molar-refractivity contribution >= 4 is 42.3 Å². The van der Waals surface area contributed by atoms with Gasteiger partial charge in [-0.2, -0.15) is 9.97 Å². The van der Waals surface area contributed by atoms with Crippen LogP contribution in [0.5, 0.6) is 0 Å². The number of hydrogen-bond acceptors (Lipinski definition) is 9. The standard InChI is InChI=1S/C19H31N8O6P/c1-3-12(17(28)29)25-34(32,26-13(4-2)18(30)31)10-33-8-7-27-9-21-14-15(22-11-5-6-11)23-19(20)24-16(14)27/h9,11-13H,3-8,10H2,1-2H3,(H,28,29)(H,30,31)(H2,25,26,32)(H3,20,22,23,24)/t12-,13?,34?/m0/s1. The second kappa shape index (κ2) is 11.1. The van der Waals surface area contributed by atoms with Crippen molar-refractivity contribution < 1.29 is 29.1 Å². The van der Waals surface area contributed by atoms with Crippen LogP contribution in [-0.2, 0) is 25.4 Å². The second-order valence-electron chi connectivity index (χ2n) is 8.09. The number of imidazole rings is 1. The minimum absolute atomic E-state index is 0.0851. The summed E-state index contributed by atoms with van der Waals surface area (Å²) in [4.78, 5) is 35.7. The summed E-state index contributed by atoms with van der Waals surface area (Å²) in [6.07, 6.45) is 3.60. The Balaban J connectivity index is 1.67. The number of nitrogen functional groups attached to an aromatic ring is 1. The van der Waals surface area contributed by atoms with Crippen molar-refractivity contribution in [3.05, 3.63) is 6.33 Å². The SMILES string of the molecule is CCC(NP(=O)(COCCn1cnc2c(NC3CC3)nc(N)nc21)N[C@@H](CC)C(=O)O)C(=O)O. The van der Waals surface area contributed by atoms with Crippen LogP contribution in [0.1, 0.15) is 39.5 Å². The number of fused-ring (bicyclic) bond motifs is 1. The minimum atomic E-state index is -3.72. The van der Waals surface area contributed by atoms with E-state index in [1.165, 1.54) is 0 Å². The molecule has 3 rings (SSSR count). The van der Waals surface area contributed by atoms with Crippen molar-refractivity contribution in [3.63, 3.8) is 0 Å². The molecule has 34 heavy (non-hydrogen) atoms. The number of anilines is 2. The van der Waals surface area contributed by atoms with Crippen molar-refractivity contribution in [1.29, 1.82) is 0 Å². The Hall–Kier alpha value is -2.80. The van der Waals surface area contributed by atoms with Crippen LogP contribution in [0.25, 0.3) is 11.2 Å². The summed E-state index contributed by atoms with van der Waals surface area (Å²) in [5, 5.41) is 27.0. The molecule has 0 saturated heterocycles. The highest BCUT2D eigenvalue weighted by molar-refractivity contribution is 7.59. The first-order valence-electron chi connectivity index (χ1n) is 11.1. The summed E-state index contributed by atoms with van der Waals surface area (Å²) >= 11 is 0. The summed E-state index contributed by atoms with van der Waals surface area (Å²) in [5.74, 6) is -1.70. The lowest BCUT2D eigenvalue weighted by Crippen LogP contribution is -2.43. The van der Waals surface area contributed by atoms with Crippen LogP contribution in [0.3, 0.4) is 0 Å². The van der Waals surface area contributed by atoms with Gasteiger partial charge in [0.15, 0.2) is 17.0 Å². The average Bonchev–Trinajstić information content (AvgIpc) is 3.51. The van der Waals surface area contributed by atoms with Gasteiger partial charge >= 0.3 is 11.9 Å². The number of nitrogens with zero attached hydrogens (tertiary/aromatic N) is 4. The zero-order valence-corrected chi connectivity index (χ0v) is 20.0. The van der Waals surface area contributed by atoms with Crippen LogP contribution in [0.15, 0.2) is 6.33 Å². The van der Waals surface area contributed by atoms with Gasteiger partial charge in [0, 0.05) is 12.6 Å². The van der Waals surface area contributed by atoms with Crippen LogP contribution >= 0.6 is 7.44 Å². The van der Waals surface area contributed by atoms with Crippen molar-refractivity contribution in [2.75, 3.05) is 24.0 Å². The molecule has 1 fully saturated rings. The highest BCUT2D eigenvalue weighted by atomic mass is 31.2. The molecule has 14 nitrogen and oxygen atoms in total. The van der Waals surface area contributed by atoms with Crippen LogP contribution in [0.2, 0.25) is 0 Å². The monoisotopic (exact) mass is 498 g/mol. The maximum Gasteiger partial charge on any atom is 0.321 e. The third-order valence-electron chi connectivity index (χ3n) is 5.29. The lowest BCUT2D eigenvalue weighted by atomic mass is 10.2. The van der Waals surface area contributed by atoms with Gasteiger partial charge in [0.2, 0.25) is 13.4 Å². The summed E-state index contributed by atoms with van der Waals surface area (Å²) in [6, 6.07) is -1.89. The van der Waals surface area contributed by atoms with Gasteiger partial charge in [-0.05, 0) is 25.7 Å². The summed E-state index contributed by atoms with van der Waals surface area (Å²) in [6.45, 7) is 3.62. The number of carbonyl (C=O) groups is 2. The van der Waals surface area contributed by atoms with E-state index < -0.39 is 37.8 Å². The molecular weight excluding hydrogens is 467 g/mol. The Morgan fingerprint density at radius 1 is 1.21 bits per heavy atom. The molecule has 1 aliphatic carbocycles. The molecule has 2 unspecified atom stereocenters. The van der Waals surface area contributed by atoms with E-state index in [9.17, 15) is 24.4 Å². The molecule has 1 aliphatic rings. The number of nitrogens with two attached hydrogens (primary N) is 1. The Morgan fingerprint density at radius 3 is 2.35 bits per heavy atom. The molecule has 0 spiro atoms. The molecule has 2 heterocycles. The Labute approximate surface area is 196 Å². The van der Waals surface area contributed by atoms with Crippen molar-refractivity contribution in [1.82, 2.24) is 29.7 Å². The van der Waals surface area contributed by atoms with Gasteiger partial charge in [-0.1, -0.05) is 13.8 Å². The van der Waals surface area contributed by atoms with E-state index in [1.54, 1.807) is 24.7 Å². The van der Waals surface area contributed by atoms with Crippen molar-refractivity contribution in [2.24, 2.45) is 0 Å². The van der Waals surface area contributed by atoms with Crippen LogP contribution in [0.4, 0.5) is 11.8 Å². The zero-order chi connectivity index (χ0) is 24.9. The molecule has 7 N–H and O–H groups in total. The molecule has 1 saturated carbocycles. The van der Waals surface area contributed by atoms with E-state index in [-0.39, 0.29) is 25.4 Å². The maximum atomic E-state index is 13.4. The topological polar surface area (TPSA) is 207 Å². The van der Waals surface area contributed by atoms with Gasteiger partial charge < -0.3 is 30.6 Å². The number of ether oxygens (including phenoxy) is 1. The van der Waals surface area contributed by atoms with Gasteiger partial charge in [0.25, 0.3) is 0 Å². The second-order valence-corrected chi connectivity index (χ2v) is 10.3. The fraction of sp³-hybridized carbons (Fsp3) is 0.632. The fourth-order valence-corrected chi connectivity index (χ4v) is 5.46. The smallest absolute Gasteiger partial charge is 0.321 e. The number of nitrogens with one attached hydrogen (secondary N) is 3. The predicted octanol–water partition coefficient (Wildman–Crippen LogP) is 1.06. The molecule has 0 bridgehead atoms. The first-order chi connectivity index (χ1) is 16.2. The first kappa shape index (κ1) is 25.8. The Kier molecular flexibility index (Phi) is 8.42. The minimum Gasteiger partial charge on any atom is -0.480 e. The predicted molar refractivity (Wildman–Crippen MR) is 125 cm³/mol. The Morgan fingerprint density at radius 2 is 1.82 bits per heavy atom. The summed E-state index contributed by atoms with van der Waals surface area (Å²) < 4.78 is 20.7. The largest absolute Gasteiger partial charge is 0.480 e. The maximum absolute atomic E-state index is 13.4. The van der Waals surface area contributed by atoms with Gasteiger partial charge in [0.1, 0.15) is 18.4 Å². The van der Waals surface area contributed by atoms with E-state index in [2.05, 4.69) is 30.4 Å². The number of aromatic nitrogens is 4. The molecule has 15 heteroatoms. The van der Waals surface area contributed by atoms with E-state index >= 15 is 0 Å². The number of carboxylic acid groups (broad SMARTS) is 2. The molecule has 0 radical (unpaired) electrons. The van der Waals surface area contributed by atoms with Gasteiger partial charge in [0.05, 0.1) is 12.9 Å². The number of rotatable bonds is 15. The van der Waals surface area contributed by atoms with E-state index in [1.807, 2.05) is 0 Å². The van der Waals surface area contributed by atoms with Gasteiger partial charge in [-0.15, -0.1) is 0 Å². The molecule has 0 amide bonds. The van der Waals surface area contributed by atoms with Gasteiger partial charge in [-0.25, -0.2) is 15.2 Å². The molecule has 0 aliphatic heterocycles. The average molecular weight is 498 g/mol. The third kappa shape index (κ3) is 6.63. The number of carboxylic acids is 2. The van der Waals surface area contributed by atoms with Crippen LogP contribution in [0, 0.1) is 0 Å². The number of hydrogen-bond donors (Lipinski definition) is 6. The highest BCUT2D eigenvalue weighted by Gasteiger charge is 2.33. The normalized spacial score (nSPS) is 17.2. The van der Waals surface area contributed by atoms with E-state index in [0.29, 0.717) is 29.6 Å². The quantitative estimate of drug-likeness (QED) is 0.150. The molecule has 2 aromatic heterocycles.